The fraction of sp³-hybridized carbons (Fsp3) is 0.273. The van der Waals surface area contributed by atoms with Crippen LogP contribution < -0.4 is 15.8 Å². The molecule has 90 valence electrons. The van der Waals surface area contributed by atoms with Crippen LogP contribution in [0.1, 0.15) is 0 Å². The van der Waals surface area contributed by atoms with Crippen LogP contribution in [-0.4, -0.2) is 28.9 Å². The zero-order chi connectivity index (χ0) is 12.4. The highest BCUT2D eigenvalue weighted by molar-refractivity contribution is 5.69. The minimum atomic E-state index is 0.654. The molecule has 0 radical (unpaired) electrons. The molecule has 0 saturated carbocycles. The number of nitrogens with two attached hydrogens (primary N) is 1. The molecule has 0 fully saturated rings. The van der Waals surface area contributed by atoms with E-state index in [2.05, 4.69) is 15.5 Å². The lowest BCUT2D eigenvalue weighted by Gasteiger charge is -2.09. The molecule has 2 aromatic rings. The van der Waals surface area contributed by atoms with Crippen molar-refractivity contribution in [1.29, 1.82) is 0 Å². The summed E-state index contributed by atoms with van der Waals surface area (Å²) in [6.45, 7) is 0. The quantitative estimate of drug-likeness (QED) is 0.776. The number of hydrogen-bond donors (Lipinski definition) is 2. The molecule has 3 N–H and O–H groups in total. The Balaban J connectivity index is 2.56. The van der Waals surface area contributed by atoms with E-state index in [0.29, 0.717) is 17.4 Å². The van der Waals surface area contributed by atoms with Gasteiger partial charge in [-0.25, -0.2) is 0 Å². The van der Waals surface area contributed by atoms with Crippen LogP contribution in [0.5, 0.6) is 5.75 Å². The highest BCUT2D eigenvalue weighted by Crippen LogP contribution is 2.30. The maximum atomic E-state index is 5.72. The van der Waals surface area contributed by atoms with E-state index in [1.54, 1.807) is 20.2 Å². The number of nitrogens with one attached hydrogen (secondary N) is 1. The van der Waals surface area contributed by atoms with Crippen molar-refractivity contribution in [3.63, 3.8) is 0 Å². The molecule has 0 unspecified atom stereocenters. The third-order valence-corrected chi connectivity index (χ3v) is 2.56. The maximum absolute atomic E-state index is 5.72. The lowest BCUT2D eigenvalue weighted by molar-refractivity contribution is 0.416. The molecule has 0 bridgehead atoms. The number of rotatable bonds is 3. The van der Waals surface area contributed by atoms with Crippen LogP contribution in [0.2, 0.25) is 0 Å². The van der Waals surface area contributed by atoms with Gasteiger partial charge in [-0.05, 0) is 12.1 Å². The second-order valence-corrected chi connectivity index (χ2v) is 3.62. The predicted octanol–water partition coefficient (Wildman–Crippen LogP) is 1.11. The van der Waals surface area contributed by atoms with Crippen LogP contribution >= 0.6 is 0 Å². The third kappa shape index (κ3) is 1.89. The second kappa shape index (κ2) is 4.32. The van der Waals surface area contributed by atoms with Gasteiger partial charge in [0.15, 0.2) is 5.82 Å². The van der Waals surface area contributed by atoms with E-state index in [-0.39, 0.29) is 0 Å². The summed E-state index contributed by atoms with van der Waals surface area (Å²) in [6, 6.07) is 5.45. The summed E-state index contributed by atoms with van der Waals surface area (Å²) in [5, 5.41) is 11.1. The van der Waals surface area contributed by atoms with Gasteiger partial charge < -0.3 is 15.8 Å². The first-order valence-electron chi connectivity index (χ1n) is 5.18. The van der Waals surface area contributed by atoms with Crippen LogP contribution in [-0.2, 0) is 7.05 Å². The minimum Gasteiger partial charge on any atom is -0.496 e. The number of nitrogen functional groups attached to an aromatic ring is 1. The Morgan fingerprint density at radius 3 is 2.71 bits per heavy atom. The highest BCUT2D eigenvalue weighted by Gasteiger charge is 2.14. The molecule has 0 spiro atoms. The van der Waals surface area contributed by atoms with Gasteiger partial charge in [0.05, 0.1) is 12.7 Å². The monoisotopic (exact) mass is 233 g/mol. The lowest BCUT2D eigenvalue weighted by Crippen LogP contribution is -2.01. The first-order chi connectivity index (χ1) is 8.17. The van der Waals surface area contributed by atoms with Crippen molar-refractivity contribution in [3.05, 3.63) is 18.2 Å². The molecular weight excluding hydrogens is 218 g/mol. The fourth-order valence-electron chi connectivity index (χ4n) is 1.67. The average molecular weight is 233 g/mol. The van der Waals surface area contributed by atoms with E-state index < -0.39 is 0 Å². The van der Waals surface area contributed by atoms with Gasteiger partial charge in [-0.1, -0.05) is 0 Å². The van der Waals surface area contributed by atoms with Crippen molar-refractivity contribution < 1.29 is 4.74 Å². The number of hydrogen-bond acceptors (Lipinski definition) is 5. The van der Waals surface area contributed by atoms with Crippen LogP contribution in [0.15, 0.2) is 18.2 Å². The average Bonchev–Trinajstić information content (AvgIpc) is 2.70. The van der Waals surface area contributed by atoms with E-state index in [4.69, 9.17) is 10.5 Å². The molecule has 0 amide bonds. The number of ether oxygens (including phenoxy) is 1. The van der Waals surface area contributed by atoms with E-state index in [9.17, 15) is 0 Å². The maximum Gasteiger partial charge on any atom is 0.224 e. The second-order valence-electron chi connectivity index (χ2n) is 3.62. The van der Waals surface area contributed by atoms with E-state index in [1.165, 1.54) is 0 Å². The first kappa shape index (κ1) is 11.3. The number of benzene rings is 1. The van der Waals surface area contributed by atoms with Gasteiger partial charge in [-0.15, -0.1) is 10.2 Å². The lowest BCUT2D eigenvalue weighted by atomic mass is 10.1. The van der Waals surface area contributed by atoms with E-state index in [1.807, 2.05) is 23.7 Å². The smallest absolute Gasteiger partial charge is 0.224 e. The minimum absolute atomic E-state index is 0.654. The molecule has 0 aliphatic rings. The van der Waals surface area contributed by atoms with Crippen LogP contribution in [0.25, 0.3) is 11.4 Å². The van der Waals surface area contributed by atoms with Gasteiger partial charge in [0.2, 0.25) is 5.95 Å². The predicted molar refractivity (Wildman–Crippen MR) is 67.0 cm³/mol. The molecule has 0 atom stereocenters. The number of nitrogens with zero attached hydrogens (tertiary/aromatic N) is 3. The van der Waals surface area contributed by atoms with Crippen molar-refractivity contribution >= 4 is 11.6 Å². The molecule has 6 heteroatoms. The van der Waals surface area contributed by atoms with Gasteiger partial charge >= 0.3 is 0 Å². The van der Waals surface area contributed by atoms with Crippen LogP contribution in [0.3, 0.4) is 0 Å². The zero-order valence-corrected chi connectivity index (χ0v) is 10.1. The Bertz CT molecular complexity index is 535. The van der Waals surface area contributed by atoms with E-state index >= 15 is 0 Å². The van der Waals surface area contributed by atoms with Crippen LogP contribution in [0, 0.1) is 0 Å². The normalized spacial score (nSPS) is 10.3. The van der Waals surface area contributed by atoms with Crippen molar-refractivity contribution in [1.82, 2.24) is 14.8 Å². The third-order valence-electron chi connectivity index (χ3n) is 2.56. The largest absolute Gasteiger partial charge is 0.496 e. The van der Waals surface area contributed by atoms with Crippen molar-refractivity contribution in [2.24, 2.45) is 7.05 Å². The van der Waals surface area contributed by atoms with Crippen molar-refractivity contribution in [3.8, 4) is 17.1 Å². The number of methoxy groups -OCH3 is 1. The van der Waals surface area contributed by atoms with Gasteiger partial charge in [-0.3, -0.25) is 4.57 Å². The summed E-state index contributed by atoms with van der Waals surface area (Å²) in [4.78, 5) is 0. The standard InChI is InChI=1S/C11H15N5O/c1-13-11-15-14-10(16(11)2)8-5-4-7(12)6-9(8)17-3/h4-6H,12H2,1-3H3,(H,13,15). The van der Waals surface area contributed by atoms with Gasteiger partial charge in [0, 0.05) is 25.8 Å². The van der Waals surface area contributed by atoms with Crippen LogP contribution in [0.4, 0.5) is 11.6 Å². The van der Waals surface area contributed by atoms with Gasteiger partial charge in [-0.2, -0.15) is 0 Å². The topological polar surface area (TPSA) is 78.0 Å². The zero-order valence-electron chi connectivity index (χ0n) is 10.1. The summed E-state index contributed by atoms with van der Waals surface area (Å²) >= 11 is 0. The Labute approximate surface area is 99.4 Å². The SMILES string of the molecule is CNc1nnc(-c2ccc(N)cc2OC)n1C. The molecular formula is C11H15N5O. The number of anilines is 2. The summed E-state index contributed by atoms with van der Waals surface area (Å²) in [5.74, 6) is 2.10. The summed E-state index contributed by atoms with van der Waals surface area (Å²) in [7, 11) is 5.29. The van der Waals surface area contributed by atoms with Gasteiger partial charge in [0.1, 0.15) is 5.75 Å². The van der Waals surface area contributed by atoms with Crippen molar-refractivity contribution in [2.45, 2.75) is 0 Å². The molecule has 0 aliphatic carbocycles. The molecule has 0 aliphatic heterocycles. The Hall–Kier alpha value is -2.24. The molecule has 2 rings (SSSR count). The molecule has 1 aromatic heterocycles. The Kier molecular flexibility index (Phi) is 2.86. The summed E-state index contributed by atoms with van der Waals surface area (Å²) < 4.78 is 7.15. The fourth-order valence-corrected chi connectivity index (χ4v) is 1.67. The Morgan fingerprint density at radius 2 is 2.12 bits per heavy atom. The molecule has 6 nitrogen and oxygen atoms in total. The Morgan fingerprint density at radius 1 is 1.35 bits per heavy atom. The van der Waals surface area contributed by atoms with E-state index in [0.717, 1.165) is 11.4 Å². The molecule has 17 heavy (non-hydrogen) atoms. The first-order valence-corrected chi connectivity index (χ1v) is 5.18. The number of aromatic nitrogens is 3. The van der Waals surface area contributed by atoms with Crippen molar-refractivity contribution in [2.75, 3.05) is 25.2 Å². The summed E-state index contributed by atoms with van der Waals surface area (Å²) in [5.41, 5.74) is 7.23. The highest BCUT2D eigenvalue weighted by atomic mass is 16.5. The molecule has 0 saturated heterocycles. The summed E-state index contributed by atoms with van der Waals surface area (Å²) in [6.07, 6.45) is 0. The molecule has 1 aromatic carbocycles. The molecule has 1 heterocycles. The van der Waals surface area contributed by atoms with Gasteiger partial charge in [0.25, 0.3) is 0 Å².